The molecule has 2 N–H and O–H groups in total. The van der Waals surface area contributed by atoms with E-state index in [2.05, 4.69) is 0 Å². The standard InChI is InChI=1S/C15H18N2O3S/c1-11-4-5-12(16)10-15(11)21(18,19)17(2)13-6-8-14(20-3)9-7-13/h4-10H,16H2,1-3H3. The van der Waals surface area contributed by atoms with Crippen molar-refractivity contribution in [2.45, 2.75) is 11.8 Å². The lowest BCUT2D eigenvalue weighted by atomic mass is 10.2. The SMILES string of the molecule is COc1ccc(N(C)S(=O)(=O)c2cc(N)ccc2C)cc1. The second-order valence-corrected chi connectivity index (χ2v) is 6.63. The van der Waals surface area contributed by atoms with Crippen molar-refractivity contribution in [3.8, 4) is 5.75 Å². The number of nitrogen functional groups attached to an aromatic ring is 1. The summed E-state index contributed by atoms with van der Waals surface area (Å²) in [7, 11) is -0.578. The first-order chi connectivity index (χ1) is 9.86. The fourth-order valence-electron chi connectivity index (χ4n) is 1.97. The van der Waals surface area contributed by atoms with Gasteiger partial charge in [-0.05, 0) is 48.9 Å². The van der Waals surface area contributed by atoms with Gasteiger partial charge in [-0.25, -0.2) is 8.42 Å². The van der Waals surface area contributed by atoms with Crippen molar-refractivity contribution in [1.82, 2.24) is 0 Å². The second-order valence-electron chi connectivity index (χ2n) is 4.70. The van der Waals surface area contributed by atoms with Crippen LogP contribution in [-0.2, 0) is 10.0 Å². The van der Waals surface area contributed by atoms with E-state index < -0.39 is 10.0 Å². The number of nitrogens with two attached hydrogens (primary N) is 1. The van der Waals surface area contributed by atoms with Crippen LogP contribution in [0.4, 0.5) is 11.4 Å². The lowest BCUT2D eigenvalue weighted by molar-refractivity contribution is 0.415. The van der Waals surface area contributed by atoms with E-state index in [1.54, 1.807) is 50.4 Å². The third kappa shape index (κ3) is 2.95. The maximum absolute atomic E-state index is 12.7. The highest BCUT2D eigenvalue weighted by Gasteiger charge is 2.23. The fraction of sp³-hybridized carbons (Fsp3) is 0.200. The highest BCUT2D eigenvalue weighted by molar-refractivity contribution is 7.92. The molecule has 112 valence electrons. The monoisotopic (exact) mass is 306 g/mol. The molecule has 0 amide bonds. The zero-order chi connectivity index (χ0) is 15.6. The molecule has 2 aromatic rings. The minimum Gasteiger partial charge on any atom is -0.497 e. The molecule has 0 aromatic heterocycles. The number of hydrogen-bond acceptors (Lipinski definition) is 4. The van der Waals surface area contributed by atoms with E-state index >= 15 is 0 Å². The van der Waals surface area contributed by atoms with Gasteiger partial charge in [0.25, 0.3) is 10.0 Å². The summed E-state index contributed by atoms with van der Waals surface area (Å²) in [6.45, 7) is 1.74. The number of benzene rings is 2. The average Bonchev–Trinajstić information content (AvgIpc) is 2.49. The third-order valence-corrected chi connectivity index (χ3v) is 5.21. The number of aryl methyl sites for hydroxylation is 1. The Kier molecular flexibility index (Phi) is 4.09. The predicted octanol–water partition coefficient (Wildman–Crippen LogP) is 2.41. The number of nitrogens with zero attached hydrogens (tertiary/aromatic N) is 1. The van der Waals surface area contributed by atoms with E-state index in [9.17, 15) is 8.42 Å². The third-order valence-electron chi connectivity index (χ3n) is 3.29. The summed E-state index contributed by atoms with van der Waals surface area (Å²) in [6.07, 6.45) is 0. The van der Waals surface area contributed by atoms with Crippen LogP contribution >= 0.6 is 0 Å². The summed E-state index contributed by atoms with van der Waals surface area (Å²) in [6, 6.07) is 11.7. The number of rotatable bonds is 4. The van der Waals surface area contributed by atoms with Crippen molar-refractivity contribution < 1.29 is 13.2 Å². The molecule has 0 aliphatic carbocycles. The predicted molar refractivity (Wildman–Crippen MR) is 84.2 cm³/mol. The van der Waals surface area contributed by atoms with Gasteiger partial charge in [0.05, 0.1) is 17.7 Å². The van der Waals surface area contributed by atoms with Crippen molar-refractivity contribution in [1.29, 1.82) is 0 Å². The van der Waals surface area contributed by atoms with Gasteiger partial charge in [-0.15, -0.1) is 0 Å². The van der Waals surface area contributed by atoms with Crippen molar-refractivity contribution in [3.05, 3.63) is 48.0 Å². The summed E-state index contributed by atoms with van der Waals surface area (Å²) in [5.41, 5.74) is 7.33. The van der Waals surface area contributed by atoms with E-state index in [1.165, 1.54) is 17.4 Å². The lowest BCUT2D eigenvalue weighted by Gasteiger charge is -2.21. The Morgan fingerprint density at radius 1 is 1.10 bits per heavy atom. The van der Waals surface area contributed by atoms with Gasteiger partial charge in [0.1, 0.15) is 5.75 Å². The van der Waals surface area contributed by atoms with Crippen LogP contribution in [0, 0.1) is 6.92 Å². The van der Waals surface area contributed by atoms with Crippen LogP contribution in [-0.4, -0.2) is 22.6 Å². The molecule has 2 aromatic carbocycles. The Morgan fingerprint density at radius 3 is 2.29 bits per heavy atom. The molecule has 0 spiro atoms. The quantitative estimate of drug-likeness (QED) is 0.880. The van der Waals surface area contributed by atoms with Gasteiger partial charge in [0.15, 0.2) is 0 Å². The average molecular weight is 306 g/mol. The van der Waals surface area contributed by atoms with Crippen LogP contribution in [0.1, 0.15) is 5.56 Å². The summed E-state index contributed by atoms with van der Waals surface area (Å²) in [5.74, 6) is 0.671. The molecule has 0 saturated heterocycles. The Balaban J connectivity index is 2.44. The number of anilines is 2. The van der Waals surface area contributed by atoms with Crippen LogP contribution in [0.5, 0.6) is 5.75 Å². The number of ether oxygens (including phenoxy) is 1. The molecule has 0 fully saturated rings. The van der Waals surface area contributed by atoms with Crippen LogP contribution in [0.15, 0.2) is 47.4 Å². The minimum atomic E-state index is -3.65. The molecular formula is C15H18N2O3S. The molecule has 0 radical (unpaired) electrons. The smallest absolute Gasteiger partial charge is 0.264 e. The van der Waals surface area contributed by atoms with Gasteiger partial charge in [0.2, 0.25) is 0 Å². The number of hydrogen-bond donors (Lipinski definition) is 1. The zero-order valence-corrected chi connectivity index (χ0v) is 13.0. The van der Waals surface area contributed by atoms with Crippen LogP contribution < -0.4 is 14.8 Å². The molecule has 21 heavy (non-hydrogen) atoms. The van der Waals surface area contributed by atoms with Crippen molar-refractivity contribution in [2.24, 2.45) is 0 Å². The van der Waals surface area contributed by atoms with E-state index in [-0.39, 0.29) is 4.90 Å². The largest absolute Gasteiger partial charge is 0.497 e. The van der Waals surface area contributed by atoms with Crippen LogP contribution in [0.25, 0.3) is 0 Å². The highest BCUT2D eigenvalue weighted by atomic mass is 32.2. The lowest BCUT2D eigenvalue weighted by Crippen LogP contribution is -2.27. The number of methoxy groups -OCH3 is 1. The topological polar surface area (TPSA) is 72.6 Å². The molecule has 0 bridgehead atoms. The molecule has 0 aliphatic heterocycles. The molecule has 0 saturated carbocycles. The van der Waals surface area contributed by atoms with Crippen molar-refractivity contribution in [3.63, 3.8) is 0 Å². The Bertz CT molecular complexity index is 740. The fourth-order valence-corrected chi connectivity index (χ4v) is 3.43. The van der Waals surface area contributed by atoms with Crippen molar-refractivity contribution in [2.75, 3.05) is 24.2 Å². The second kappa shape index (κ2) is 5.65. The maximum Gasteiger partial charge on any atom is 0.264 e. The summed E-state index contributed by atoms with van der Waals surface area (Å²) >= 11 is 0. The molecule has 0 atom stereocenters. The molecule has 5 nitrogen and oxygen atoms in total. The first kappa shape index (κ1) is 15.2. The maximum atomic E-state index is 12.7. The van der Waals surface area contributed by atoms with E-state index in [0.29, 0.717) is 22.7 Å². The van der Waals surface area contributed by atoms with E-state index in [4.69, 9.17) is 10.5 Å². The summed E-state index contributed by atoms with van der Waals surface area (Å²) < 4.78 is 31.7. The first-order valence-electron chi connectivity index (χ1n) is 6.35. The Morgan fingerprint density at radius 2 is 1.71 bits per heavy atom. The molecule has 2 rings (SSSR count). The molecular weight excluding hydrogens is 288 g/mol. The van der Waals surface area contributed by atoms with Crippen molar-refractivity contribution >= 4 is 21.4 Å². The minimum absolute atomic E-state index is 0.209. The van der Waals surface area contributed by atoms with E-state index in [0.717, 1.165) is 0 Å². The van der Waals surface area contributed by atoms with Crippen LogP contribution in [0.2, 0.25) is 0 Å². The Hall–Kier alpha value is -2.21. The number of sulfonamides is 1. The van der Waals surface area contributed by atoms with Gasteiger partial charge < -0.3 is 10.5 Å². The highest BCUT2D eigenvalue weighted by Crippen LogP contribution is 2.27. The normalized spacial score (nSPS) is 11.2. The first-order valence-corrected chi connectivity index (χ1v) is 7.79. The van der Waals surface area contributed by atoms with Gasteiger partial charge >= 0.3 is 0 Å². The van der Waals surface area contributed by atoms with Gasteiger partial charge in [-0.1, -0.05) is 6.07 Å². The Labute approximate surface area is 125 Å². The molecule has 0 heterocycles. The summed E-state index contributed by atoms with van der Waals surface area (Å²) in [4.78, 5) is 0.209. The van der Waals surface area contributed by atoms with Gasteiger partial charge in [0, 0.05) is 12.7 Å². The zero-order valence-electron chi connectivity index (χ0n) is 12.2. The molecule has 0 aliphatic rings. The van der Waals surface area contributed by atoms with Crippen LogP contribution in [0.3, 0.4) is 0 Å². The van der Waals surface area contributed by atoms with E-state index in [1.807, 2.05) is 0 Å². The summed E-state index contributed by atoms with van der Waals surface area (Å²) in [5, 5.41) is 0. The molecule has 6 heteroatoms. The van der Waals surface area contributed by atoms with Gasteiger partial charge in [-0.3, -0.25) is 4.31 Å². The molecule has 0 unspecified atom stereocenters. The van der Waals surface area contributed by atoms with Gasteiger partial charge in [-0.2, -0.15) is 0 Å².